The molecular formula is C19H19F6N7O3S2. The van der Waals surface area contributed by atoms with Crippen molar-refractivity contribution in [1.82, 2.24) is 28.8 Å². The zero-order valence-corrected chi connectivity index (χ0v) is 20.5. The molecule has 0 saturated carbocycles. The topological polar surface area (TPSA) is 126 Å². The van der Waals surface area contributed by atoms with Crippen LogP contribution < -0.4 is 5.32 Å². The maximum absolute atomic E-state index is 13.6. The first-order valence-electron chi connectivity index (χ1n) is 10.6. The Morgan fingerprint density at radius 1 is 1.11 bits per heavy atom. The molecule has 3 aromatic heterocycles. The second-order valence-electron chi connectivity index (χ2n) is 8.16. The number of aliphatic hydroxyl groups is 1. The summed E-state index contributed by atoms with van der Waals surface area (Å²) in [6, 6.07) is -0.385. The van der Waals surface area contributed by atoms with Gasteiger partial charge in [0.05, 0.1) is 16.9 Å². The summed E-state index contributed by atoms with van der Waals surface area (Å²) in [5.41, 5.74) is -1.98. The Hall–Kier alpha value is -2.83. The van der Waals surface area contributed by atoms with E-state index in [-0.39, 0.29) is 59.2 Å². The smallest absolute Gasteiger partial charge is 0.377 e. The fourth-order valence-electron chi connectivity index (χ4n) is 3.59. The Balaban J connectivity index is 1.52. The number of anilines is 1. The molecule has 0 amide bonds. The van der Waals surface area contributed by atoms with E-state index in [0.29, 0.717) is 6.20 Å². The molecule has 4 rings (SSSR count). The number of hydrogen-bond donors (Lipinski definition) is 2. The van der Waals surface area contributed by atoms with Gasteiger partial charge in [-0.1, -0.05) is 0 Å². The second-order valence-corrected chi connectivity index (χ2v) is 11.1. The van der Waals surface area contributed by atoms with E-state index in [1.807, 2.05) is 0 Å². The molecule has 1 aliphatic heterocycles. The zero-order chi connectivity index (χ0) is 27.2. The van der Waals surface area contributed by atoms with Gasteiger partial charge in [-0.15, -0.1) is 11.3 Å². The molecular weight excluding hydrogens is 552 g/mol. The quantitative estimate of drug-likeness (QED) is 0.432. The highest BCUT2D eigenvalue weighted by atomic mass is 32.2. The van der Waals surface area contributed by atoms with Gasteiger partial charge in [0.25, 0.3) is 10.0 Å². The van der Waals surface area contributed by atoms with Gasteiger partial charge in [0.1, 0.15) is 10.6 Å². The Morgan fingerprint density at radius 2 is 1.78 bits per heavy atom. The molecule has 2 N–H and O–H groups in total. The van der Waals surface area contributed by atoms with Crippen molar-refractivity contribution in [2.24, 2.45) is 7.05 Å². The van der Waals surface area contributed by atoms with Crippen molar-refractivity contribution >= 4 is 27.3 Å². The number of halogens is 6. The summed E-state index contributed by atoms with van der Waals surface area (Å²) in [7, 11) is -2.18. The van der Waals surface area contributed by atoms with Gasteiger partial charge in [-0.2, -0.15) is 30.6 Å². The second kappa shape index (κ2) is 9.80. The molecule has 0 radical (unpaired) electrons. The summed E-state index contributed by atoms with van der Waals surface area (Å²) in [5.74, 6) is -0.222. The van der Waals surface area contributed by atoms with Gasteiger partial charge in [-0.25, -0.2) is 28.4 Å². The Labute approximate surface area is 210 Å². The number of nitrogens with one attached hydrogen (secondary N) is 1. The minimum absolute atomic E-state index is 0.100. The molecule has 4 heterocycles. The predicted molar refractivity (Wildman–Crippen MR) is 118 cm³/mol. The first kappa shape index (κ1) is 27.2. The van der Waals surface area contributed by atoms with E-state index < -0.39 is 44.7 Å². The van der Waals surface area contributed by atoms with Crippen LogP contribution in [0.15, 0.2) is 29.9 Å². The third-order valence-corrected chi connectivity index (χ3v) is 8.31. The van der Waals surface area contributed by atoms with Crippen LogP contribution >= 0.6 is 11.3 Å². The van der Waals surface area contributed by atoms with Crippen LogP contribution in [-0.4, -0.2) is 67.6 Å². The molecule has 1 atom stereocenters. The number of aliphatic hydroxyl groups excluding tert-OH is 1. The summed E-state index contributed by atoms with van der Waals surface area (Å²) in [6.07, 6.45) is -8.32. The van der Waals surface area contributed by atoms with E-state index in [1.54, 1.807) is 7.05 Å². The molecule has 1 fully saturated rings. The van der Waals surface area contributed by atoms with Gasteiger partial charge >= 0.3 is 12.4 Å². The fourth-order valence-corrected chi connectivity index (χ4v) is 5.96. The number of thiazole rings is 1. The first-order valence-corrected chi connectivity index (χ1v) is 12.8. The van der Waals surface area contributed by atoms with Crippen LogP contribution in [0.5, 0.6) is 0 Å². The predicted octanol–water partition coefficient (Wildman–Crippen LogP) is 3.21. The minimum atomic E-state index is -5.04. The highest BCUT2D eigenvalue weighted by molar-refractivity contribution is 7.89. The van der Waals surface area contributed by atoms with E-state index in [9.17, 15) is 39.9 Å². The standard InChI is InChI=1S/C19H19F6N7O3S2/c1-31-8-13(28-9-31)37(34,35)32-4-2-10(3-5-32)29-17-27-6-11(18(20,21)22)14(30-17)12-7-26-16(36-12)15(33)19(23,24)25/h6-10,15,33H,2-5H2,1H3,(H,27,29,30). The lowest BCUT2D eigenvalue weighted by Crippen LogP contribution is -2.42. The third-order valence-electron chi connectivity index (χ3n) is 5.47. The molecule has 1 aliphatic rings. The number of alkyl halides is 6. The normalized spacial score (nSPS) is 17.2. The zero-order valence-electron chi connectivity index (χ0n) is 18.8. The number of aromatic nitrogens is 5. The number of hydrogen-bond acceptors (Lipinski definition) is 9. The summed E-state index contributed by atoms with van der Waals surface area (Å²) in [5, 5.41) is 11.3. The SMILES string of the molecule is Cn1cnc(S(=O)(=O)N2CCC(Nc3ncc(C(F)(F)F)c(-c4cnc(C(O)C(F)(F)F)s4)n3)CC2)c1. The lowest BCUT2D eigenvalue weighted by Gasteiger charge is -2.31. The summed E-state index contributed by atoms with van der Waals surface area (Å²) < 4.78 is 107. The van der Waals surface area contributed by atoms with Crippen molar-refractivity contribution in [2.75, 3.05) is 18.4 Å². The van der Waals surface area contributed by atoms with Crippen molar-refractivity contribution in [3.8, 4) is 10.6 Å². The summed E-state index contributed by atoms with van der Waals surface area (Å²) in [6.45, 7) is 0.217. The van der Waals surface area contributed by atoms with Crippen LogP contribution in [0.2, 0.25) is 0 Å². The minimum Gasteiger partial charge on any atom is -0.377 e. The molecule has 1 unspecified atom stereocenters. The number of piperidine rings is 1. The van der Waals surface area contributed by atoms with Crippen LogP contribution in [0.25, 0.3) is 10.6 Å². The molecule has 1 saturated heterocycles. The van der Waals surface area contributed by atoms with Gasteiger partial charge in [0, 0.05) is 44.8 Å². The lowest BCUT2D eigenvalue weighted by molar-refractivity contribution is -0.206. The Morgan fingerprint density at radius 3 is 2.35 bits per heavy atom. The van der Waals surface area contributed by atoms with Crippen molar-refractivity contribution in [3.05, 3.63) is 35.5 Å². The Kier molecular flexibility index (Phi) is 7.21. The van der Waals surface area contributed by atoms with Crippen molar-refractivity contribution in [2.45, 2.75) is 42.4 Å². The molecule has 202 valence electrons. The monoisotopic (exact) mass is 571 g/mol. The van der Waals surface area contributed by atoms with Gasteiger partial charge in [-0.05, 0) is 12.8 Å². The van der Waals surface area contributed by atoms with E-state index in [1.165, 1.54) is 21.4 Å². The van der Waals surface area contributed by atoms with Crippen LogP contribution in [0, 0.1) is 0 Å². The average molecular weight is 572 g/mol. The van der Waals surface area contributed by atoms with Crippen LogP contribution in [0.4, 0.5) is 32.3 Å². The molecule has 3 aromatic rings. The van der Waals surface area contributed by atoms with E-state index in [0.717, 1.165) is 6.20 Å². The molecule has 18 heteroatoms. The maximum Gasteiger partial charge on any atom is 0.420 e. The number of rotatable bonds is 6. The van der Waals surface area contributed by atoms with Gasteiger partial charge < -0.3 is 15.0 Å². The highest BCUT2D eigenvalue weighted by Crippen LogP contribution is 2.41. The van der Waals surface area contributed by atoms with Crippen molar-refractivity contribution in [1.29, 1.82) is 0 Å². The van der Waals surface area contributed by atoms with Gasteiger partial charge in [0.2, 0.25) is 12.1 Å². The molecule has 0 bridgehead atoms. The number of imidazole rings is 1. The number of sulfonamides is 1. The van der Waals surface area contributed by atoms with E-state index >= 15 is 0 Å². The van der Waals surface area contributed by atoms with Crippen LogP contribution in [0.1, 0.15) is 29.5 Å². The van der Waals surface area contributed by atoms with Gasteiger partial charge in [0.15, 0.2) is 5.03 Å². The van der Waals surface area contributed by atoms with E-state index in [4.69, 9.17) is 0 Å². The molecule has 37 heavy (non-hydrogen) atoms. The van der Waals surface area contributed by atoms with Crippen LogP contribution in [-0.2, 0) is 23.2 Å². The largest absolute Gasteiger partial charge is 0.420 e. The van der Waals surface area contributed by atoms with Crippen LogP contribution in [0.3, 0.4) is 0 Å². The maximum atomic E-state index is 13.6. The molecule has 0 aromatic carbocycles. The summed E-state index contributed by atoms with van der Waals surface area (Å²) >= 11 is 0.228. The molecule has 10 nitrogen and oxygen atoms in total. The Bertz CT molecular complexity index is 1360. The number of aryl methyl sites for hydroxylation is 1. The van der Waals surface area contributed by atoms with Gasteiger partial charge in [-0.3, -0.25) is 0 Å². The molecule has 0 spiro atoms. The van der Waals surface area contributed by atoms with E-state index in [2.05, 4.69) is 25.3 Å². The molecule has 0 aliphatic carbocycles. The van der Waals surface area contributed by atoms with Crippen molar-refractivity contribution < 1.29 is 39.9 Å². The first-order chi connectivity index (χ1) is 17.2. The third kappa shape index (κ3) is 5.86. The summed E-state index contributed by atoms with van der Waals surface area (Å²) in [4.78, 5) is 14.5. The van der Waals surface area contributed by atoms with Crippen molar-refractivity contribution in [3.63, 3.8) is 0 Å². The average Bonchev–Trinajstić information content (AvgIpc) is 3.47. The fraction of sp³-hybridized carbons (Fsp3) is 0.474. The lowest BCUT2D eigenvalue weighted by atomic mass is 10.1. The highest BCUT2D eigenvalue weighted by Gasteiger charge is 2.42. The number of nitrogens with zero attached hydrogens (tertiary/aromatic N) is 6.